The maximum atomic E-state index is 14.6. The fourth-order valence-electron chi connectivity index (χ4n) is 3.39. The normalized spacial score (nSPS) is 13.2. The minimum Gasteiger partial charge on any atom is -0.382 e. The van der Waals surface area contributed by atoms with Crippen molar-refractivity contribution in [3.8, 4) is 0 Å². The molecule has 1 aromatic heterocycles. The highest BCUT2D eigenvalue weighted by atomic mass is 19.1. The molecule has 162 valence electrons. The van der Waals surface area contributed by atoms with Gasteiger partial charge in [0.1, 0.15) is 29.9 Å². The lowest BCUT2D eigenvalue weighted by Crippen LogP contribution is -2.44. The summed E-state index contributed by atoms with van der Waals surface area (Å²) in [6.45, 7) is 4.22. The van der Waals surface area contributed by atoms with E-state index < -0.39 is 22.2 Å². The molecule has 10 heteroatoms. The lowest BCUT2D eigenvalue weighted by Gasteiger charge is -2.34. The molecule has 1 heterocycles. The van der Waals surface area contributed by atoms with Crippen LogP contribution in [0.25, 0.3) is 0 Å². The Morgan fingerprint density at radius 3 is 2.58 bits per heavy atom. The van der Waals surface area contributed by atoms with Gasteiger partial charge in [-0.3, -0.25) is 15.0 Å². The summed E-state index contributed by atoms with van der Waals surface area (Å²) in [7, 11) is 0. The summed E-state index contributed by atoms with van der Waals surface area (Å²) in [6, 6.07) is 9.02. The Morgan fingerprint density at radius 2 is 2.00 bits per heavy atom. The van der Waals surface area contributed by atoms with Crippen molar-refractivity contribution in [2.24, 2.45) is 0 Å². The summed E-state index contributed by atoms with van der Waals surface area (Å²) in [5.41, 5.74) is -1.12. The summed E-state index contributed by atoms with van der Waals surface area (Å²) in [4.78, 5) is 16.0. The monoisotopic (exact) mass is 429 g/mol. The molecule has 0 aliphatic rings. The van der Waals surface area contributed by atoms with Gasteiger partial charge in [-0.25, -0.2) is 18.4 Å². The van der Waals surface area contributed by atoms with E-state index >= 15 is 0 Å². The summed E-state index contributed by atoms with van der Waals surface area (Å²) < 4.78 is 29.4. The quantitative estimate of drug-likeness (QED) is 0.302. The van der Waals surface area contributed by atoms with Gasteiger partial charge in [0, 0.05) is 43.4 Å². The Labute approximate surface area is 177 Å². The minimum absolute atomic E-state index is 0.0323. The van der Waals surface area contributed by atoms with Gasteiger partial charge in [-0.05, 0) is 11.6 Å². The average molecular weight is 429 g/mol. The van der Waals surface area contributed by atoms with E-state index in [1.165, 1.54) is 35.5 Å². The van der Waals surface area contributed by atoms with E-state index in [2.05, 4.69) is 16.7 Å². The van der Waals surface area contributed by atoms with Gasteiger partial charge in [-0.1, -0.05) is 24.3 Å². The first kappa shape index (κ1) is 22.2. The molecule has 0 saturated carbocycles. The number of nitro benzene ring substituents is 1. The number of non-ortho nitro benzene ring substituents is 1. The first-order valence-electron chi connectivity index (χ1n) is 9.37. The molecule has 0 aliphatic carbocycles. The van der Waals surface area contributed by atoms with Crippen molar-refractivity contribution in [2.75, 3.05) is 13.1 Å². The van der Waals surface area contributed by atoms with Gasteiger partial charge >= 0.3 is 0 Å². The number of aromatic nitrogens is 3. The number of nitrogens with zero attached hydrogens (tertiary/aromatic N) is 5. The van der Waals surface area contributed by atoms with Crippen molar-refractivity contribution in [3.63, 3.8) is 0 Å². The molecule has 8 nitrogen and oxygen atoms in total. The Kier molecular flexibility index (Phi) is 6.83. The number of benzene rings is 2. The number of hydrogen-bond acceptors (Lipinski definition) is 6. The van der Waals surface area contributed by atoms with Crippen LogP contribution in [0, 0.1) is 21.7 Å². The zero-order valence-corrected chi connectivity index (χ0v) is 16.6. The molecular formula is C21H21F2N5O3. The third-order valence-electron chi connectivity index (χ3n) is 4.75. The predicted octanol–water partition coefficient (Wildman–Crippen LogP) is 3.04. The molecule has 1 N–H and O–H groups in total. The van der Waals surface area contributed by atoms with Crippen molar-refractivity contribution in [1.29, 1.82) is 0 Å². The molecule has 3 aromatic rings. The lowest BCUT2D eigenvalue weighted by molar-refractivity contribution is -0.384. The third-order valence-corrected chi connectivity index (χ3v) is 4.75. The van der Waals surface area contributed by atoms with Crippen LogP contribution >= 0.6 is 0 Å². The zero-order chi connectivity index (χ0) is 22.4. The first-order chi connectivity index (χ1) is 14.8. The third kappa shape index (κ3) is 5.56. The molecule has 0 radical (unpaired) electrons. The summed E-state index contributed by atoms with van der Waals surface area (Å²) >= 11 is 0. The van der Waals surface area contributed by atoms with Gasteiger partial charge in [-0.2, -0.15) is 5.10 Å². The number of halogens is 2. The van der Waals surface area contributed by atoms with E-state index in [0.717, 1.165) is 17.7 Å². The second kappa shape index (κ2) is 9.54. The highest BCUT2D eigenvalue weighted by Crippen LogP contribution is 2.28. The van der Waals surface area contributed by atoms with Gasteiger partial charge in [0.2, 0.25) is 0 Å². The number of hydrogen-bond donors (Lipinski definition) is 1. The Balaban J connectivity index is 1.90. The second-order valence-electron chi connectivity index (χ2n) is 7.13. The first-order valence-corrected chi connectivity index (χ1v) is 9.37. The largest absolute Gasteiger partial charge is 0.382 e. The van der Waals surface area contributed by atoms with Crippen LogP contribution in [0.2, 0.25) is 0 Å². The molecule has 0 aliphatic heterocycles. The van der Waals surface area contributed by atoms with Gasteiger partial charge < -0.3 is 5.11 Å². The van der Waals surface area contributed by atoms with Crippen molar-refractivity contribution >= 4 is 5.69 Å². The molecule has 0 fully saturated rings. The highest BCUT2D eigenvalue weighted by molar-refractivity contribution is 5.33. The SMILES string of the molecule is C=CCN(Cc1ccc([N+](=O)[O-])cc1)CC(O)(Cn1cncn1)c1ccc(F)cc1F. The Bertz CT molecular complexity index is 1040. The topological polar surface area (TPSA) is 97.3 Å². The molecule has 1 atom stereocenters. The molecule has 0 amide bonds. The second-order valence-corrected chi connectivity index (χ2v) is 7.13. The van der Waals surface area contributed by atoms with Gasteiger partial charge in [-0.15, -0.1) is 6.58 Å². The molecule has 1 unspecified atom stereocenters. The van der Waals surface area contributed by atoms with E-state index in [-0.39, 0.29) is 24.3 Å². The van der Waals surface area contributed by atoms with Gasteiger partial charge in [0.15, 0.2) is 0 Å². The van der Waals surface area contributed by atoms with Crippen LogP contribution < -0.4 is 0 Å². The Morgan fingerprint density at radius 1 is 1.26 bits per heavy atom. The van der Waals surface area contributed by atoms with Crippen LogP contribution in [0.4, 0.5) is 14.5 Å². The molecule has 31 heavy (non-hydrogen) atoms. The van der Waals surface area contributed by atoms with E-state index in [0.29, 0.717) is 13.1 Å². The van der Waals surface area contributed by atoms with Crippen LogP contribution in [0.1, 0.15) is 11.1 Å². The van der Waals surface area contributed by atoms with E-state index in [1.54, 1.807) is 23.1 Å². The van der Waals surface area contributed by atoms with Crippen LogP contribution in [-0.4, -0.2) is 42.8 Å². The number of rotatable bonds is 10. The molecule has 3 rings (SSSR count). The van der Waals surface area contributed by atoms with E-state index in [1.807, 2.05) is 0 Å². The predicted molar refractivity (Wildman–Crippen MR) is 109 cm³/mol. The number of nitro groups is 1. The average Bonchev–Trinajstić information content (AvgIpc) is 3.21. The lowest BCUT2D eigenvalue weighted by atomic mass is 9.92. The highest BCUT2D eigenvalue weighted by Gasteiger charge is 2.35. The van der Waals surface area contributed by atoms with E-state index in [4.69, 9.17) is 0 Å². The fraction of sp³-hybridized carbons (Fsp3) is 0.238. The molecular weight excluding hydrogens is 408 g/mol. The van der Waals surface area contributed by atoms with Gasteiger partial charge in [0.05, 0.1) is 11.5 Å². The summed E-state index contributed by atoms with van der Waals surface area (Å²) in [6.07, 6.45) is 4.31. The fourth-order valence-corrected chi connectivity index (χ4v) is 3.39. The molecule has 0 bridgehead atoms. The zero-order valence-electron chi connectivity index (χ0n) is 16.6. The van der Waals surface area contributed by atoms with Crippen molar-refractivity contribution in [2.45, 2.75) is 18.7 Å². The van der Waals surface area contributed by atoms with Crippen LogP contribution in [0.3, 0.4) is 0 Å². The standard InChI is InChI=1S/C21H21F2N5O3/c1-2-9-26(11-16-3-6-18(7-4-16)28(30)31)12-21(29,13-27-15-24-14-25-27)19-8-5-17(22)10-20(19)23/h2-8,10,14-15,29H,1,9,11-13H2. The van der Waals surface area contributed by atoms with Crippen molar-refractivity contribution in [1.82, 2.24) is 19.7 Å². The molecule has 0 saturated heterocycles. The minimum atomic E-state index is -1.77. The number of aliphatic hydroxyl groups is 1. The smallest absolute Gasteiger partial charge is 0.269 e. The molecule has 2 aromatic carbocycles. The van der Waals surface area contributed by atoms with Gasteiger partial charge in [0.25, 0.3) is 5.69 Å². The van der Waals surface area contributed by atoms with E-state index in [9.17, 15) is 24.0 Å². The Hall–Kier alpha value is -3.50. The maximum Gasteiger partial charge on any atom is 0.269 e. The maximum absolute atomic E-state index is 14.6. The summed E-state index contributed by atoms with van der Waals surface area (Å²) in [5.74, 6) is -1.63. The van der Waals surface area contributed by atoms with Crippen LogP contribution in [0.5, 0.6) is 0 Å². The van der Waals surface area contributed by atoms with Crippen molar-refractivity contribution < 1.29 is 18.8 Å². The molecule has 0 spiro atoms. The van der Waals surface area contributed by atoms with Crippen molar-refractivity contribution in [3.05, 3.63) is 101 Å². The van der Waals surface area contributed by atoms with Crippen LogP contribution in [-0.2, 0) is 18.7 Å². The summed E-state index contributed by atoms with van der Waals surface area (Å²) in [5, 5.41) is 26.3. The van der Waals surface area contributed by atoms with Crippen LogP contribution in [0.15, 0.2) is 67.8 Å².